The van der Waals surface area contributed by atoms with Crippen molar-refractivity contribution in [1.29, 1.82) is 0 Å². The van der Waals surface area contributed by atoms with E-state index in [1.54, 1.807) is 24.7 Å². The minimum Gasteiger partial charge on any atom is -0.352 e. The van der Waals surface area contributed by atoms with E-state index in [0.717, 1.165) is 11.4 Å². The van der Waals surface area contributed by atoms with E-state index >= 15 is 0 Å². The first-order valence-corrected chi connectivity index (χ1v) is 6.99. The number of pyridine rings is 1. The van der Waals surface area contributed by atoms with E-state index < -0.39 is 0 Å². The molecule has 0 aliphatic rings. The number of hydrogen-bond donors (Lipinski definition) is 2. The average Bonchev–Trinajstić information content (AvgIpc) is 2.94. The van der Waals surface area contributed by atoms with Crippen LogP contribution in [0.2, 0.25) is 0 Å². The Hall–Kier alpha value is -2.80. The molecule has 0 bridgehead atoms. The summed E-state index contributed by atoms with van der Waals surface area (Å²) >= 11 is 5.11. The van der Waals surface area contributed by atoms with Gasteiger partial charge in [0.2, 0.25) is 0 Å². The number of rotatable bonds is 3. The Morgan fingerprint density at radius 1 is 1.32 bits per heavy atom. The maximum absolute atomic E-state index is 12.3. The van der Waals surface area contributed by atoms with Gasteiger partial charge in [0.05, 0.1) is 5.56 Å². The molecule has 0 spiro atoms. The first kappa shape index (κ1) is 14.2. The highest BCUT2D eigenvalue weighted by Crippen LogP contribution is 2.20. The third-order valence-corrected chi connectivity index (χ3v) is 3.49. The summed E-state index contributed by atoms with van der Waals surface area (Å²) in [5.41, 5.74) is 1.97. The van der Waals surface area contributed by atoms with Crippen LogP contribution < -0.4 is 5.32 Å². The zero-order valence-electron chi connectivity index (χ0n) is 11.8. The fourth-order valence-corrected chi connectivity index (χ4v) is 2.31. The lowest BCUT2D eigenvalue weighted by Gasteiger charge is -2.07. The Labute approximate surface area is 131 Å². The van der Waals surface area contributed by atoms with E-state index in [-0.39, 0.29) is 5.91 Å². The molecule has 0 aliphatic carbocycles. The Balaban J connectivity index is 1.88. The van der Waals surface area contributed by atoms with Crippen LogP contribution in [-0.2, 0) is 7.05 Å². The van der Waals surface area contributed by atoms with Crippen LogP contribution in [0.25, 0.3) is 11.4 Å². The van der Waals surface area contributed by atoms with Gasteiger partial charge in [0, 0.05) is 24.5 Å². The summed E-state index contributed by atoms with van der Waals surface area (Å²) in [5.74, 6) is 0.477. The summed E-state index contributed by atoms with van der Waals surface area (Å²) in [6, 6.07) is 10.8. The quantitative estimate of drug-likeness (QED) is 0.729. The summed E-state index contributed by atoms with van der Waals surface area (Å²) < 4.78 is 2.22. The first-order valence-electron chi connectivity index (χ1n) is 6.58. The van der Waals surface area contributed by atoms with Crippen LogP contribution in [0.1, 0.15) is 10.4 Å². The van der Waals surface area contributed by atoms with Crippen LogP contribution in [0.3, 0.4) is 0 Å². The Morgan fingerprint density at radius 3 is 2.91 bits per heavy atom. The van der Waals surface area contributed by atoms with Crippen LogP contribution >= 0.6 is 12.2 Å². The second-order valence-corrected chi connectivity index (χ2v) is 5.12. The Kier molecular flexibility index (Phi) is 3.80. The number of aromatic nitrogens is 4. The molecule has 6 nitrogen and oxygen atoms in total. The van der Waals surface area contributed by atoms with Gasteiger partial charge in [0.15, 0.2) is 5.82 Å². The van der Waals surface area contributed by atoms with Crippen molar-refractivity contribution in [3.63, 3.8) is 0 Å². The van der Waals surface area contributed by atoms with Crippen molar-refractivity contribution in [2.24, 2.45) is 7.05 Å². The first-order chi connectivity index (χ1) is 10.6. The molecule has 22 heavy (non-hydrogen) atoms. The van der Waals surface area contributed by atoms with Crippen LogP contribution in [0.15, 0.2) is 48.9 Å². The molecule has 2 N–H and O–H groups in total. The molecule has 0 unspecified atom stereocenters. The summed E-state index contributed by atoms with van der Waals surface area (Å²) in [6.45, 7) is 0. The number of carbonyl (C=O) groups is 1. The molecule has 0 radical (unpaired) electrons. The summed E-state index contributed by atoms with van der Waals surface area (Å²) in [7, 11) is 1.86. The molecular formula is C15H13N5OS. The van der Waals surface area contributed by atoms with Gasteiger partial charge in [-0.15, -0.1) is 10.2 Å². The van der Waals surface area contributed by atoms with Gasteiger partial charge < -0.3 is 14.9 Å². The lowest BCUT2D eigenvalue weighted by Crippen LogP contribution is -2.12. The standard InChI is InChI=1S/C15H13N5OS/c1-20-9-17-19-13(20)10-4-2-5-11(8-10)18-14(21)12-6-3-7-16-15(12)22/h2-9H,1H3,(H,16,22)(H,18,21). The normalized spacial score (nSPS) is 10.4. The van der Waals surface area contributed by atoms with Crippen molar-refractivity contribution in [1.82, 2.24) is 19.7 Å². The third kappa shape index (κ3) is 2.79. The van der Waals surface area contributed by atoms with E-state index in [1.165, 1.54) is 0 Å². The largest absolute Gasteiger partial charge is 0.352 e. The number of carbonyl (C=O) groups excluding carboxylic acids is 1. The summed E-state index contributed by atoms with van der Waals surface area (Å²) in [4.78, 5) is 15.1. The Bertz CT molecular complexity index is 883. The highest BCUT2D eigenvalue weighted by molar-refractivity contribution is 7.71. The lowest BCUT2D eigenvalue weighted by atomic mass is 10.2. The molecule has 0 saturated heterocycles. The zero-order valence-corrected chi connectivity index (χ0v) is 12.6. The van der Waals surface area contributed by atoms with Gasteiger partial charge in [0.25, 0.3) is 5.91 Å². The van der Waals surface area contributed by atoms with E-state index in [9.17, 15) is 4.79 Å². The van der Waals surface area contributed by atoms with Crippen molar-refractivity contribution in [3.8, 4) is 11.4 Å². The molecule has 0 atom stereocenters. The number of aromatic amines is 1. The molecule has 1 amide bonds. The van der Waals surface area contributed by atoms with Crippen molar-refractivity contribution in [2.45, 2.75) is 0 Å². The van der Waals surface area contributed by atoms with Crippen LogP contribution in [0.5, 0.6) is 0 Å². The van der Waals surface area contributed by atoms with Gasteiger partial charge in [-0.3, -0.25) is 4.79 Å². The molecule has 0 saturated carbocycles. The van der Waals surface area contributed by atoms with Crippen LogP contribution in [-0.4, -0.2) is 25.7 Å². The van der Waals surface area contributed by atoms with Crippen LogP contribution in [0, 0.1) is 4.64 Å². The van der Waals surface area contributed by atoms with E-state index in [0.29, 0.717) is 15.9 Å². The fourth-order valence-electron chi connectivity index (χ4n) is 2.08. The van der Waals surface area contributed by atoms with Crippen molar-refractivity contribution in [2.75, 3.05) is 5.32 Å². The van der Waals surface area contributed by atoms with Gasteiger partial charge in [-0.25, -0.2) is 0 Å². The number of nitrogens with one attached hydrogen (secondary N) is 2. The third-order valence-electron chi connectivity index (χ3n) is 3.15. The van der Waals surface area contributed by atoms with E-state index in [2.05, 4.69) is 20.5 Å². The maximum atomic E-state index is 12.3. The molecule has 2 heterocycles. The molecule has 1 aromatic carbocycles. The maximum Gasteiger partial charge on any atom is 0.258 e. The molecule has 3 rings (SSSR count). The predicted molar refractivity (Wildman–Crippen MR) is 86.0 cm³/mol. The molecule has 0 fully saturated rings. The number of hydrogen-bond acceptors (Lipinski definition) is 4. The number of nitrogens with zero attached hydrogens (tertiary/aromatic N) is 3. The van der Waals surface area contributed by atoms with E-state index in [1.807, 2.05) is 35.9 Å². The molecule has 0 aliphatic heterocycles. The number of benzene rings is 1. The topological polar surface area (TPSA) is 75.6 Å². The van der Waals surface area contributed by atoms with E-state index in [4.69, 9.17) is 12.2 Å². The smallest absolute Gasteiger partial charge is 0.258 e. The number of anilines is 1. The molecule has 7 heteroatoms. The minimum atomic E-state index is -0.253. The lowest BCUT2D eigenvalue weighted by molar-refractivity contribution is 0.102. The molecule has 110 valence electrons. The van der Waals surface area contributed by atoms with Gasteiger partial charge in [-0.05, 0) is 24.3 Å². The second kappa shape index (κ2) is 5.90. The molecule has 2 aromatic heterocycles. The van der Waals surface area contributed by atoms with Gasteiger partial charge in [0.1, 0.15) is 11.0 Å². The number of H-pyrrole nitrogens is 1. The minimum absolute atomic E-state index is 0.253. The Morgan fingerprint density at radius 2 is 2.18 bits per heavy atom. The molecular weight excluding hydrogens is 298 g/mol. The summed E-state index contributed by atoms with van der Waals surface area (Å²) in [6.07, 6.45) is 3.32. The second-order valence-electron chi connectivity index (χ2n) is 4.71. The van der Waals surface area contributed by atoms with Crippen LogP contribution in [0.4, 0.5) is 5.69 Å². The van der Waals surface area contributed by atoms with Crippen molar-refractivity contribution < 1.29 is 4.79 Å². The highest BCUT2D eigenvalue weighted by Gasteiger charge is 2.10. The predicted octanol–water partition coefficient (Wildman–Crippen LogP) is 2.79. The van der Waals surface area contributed by atoms with Gasteiger partial charge in [-0.2, -0.15) is 0 Å². The monoisotopic (exact) mass is 311 g/mol. The zero-order chi connectivity index (χ0) is 15.5. The summed E-state index contributed by atoms with van der Waals surface area (Å²) in [5, 5.41) is 10.8. The molecule has 3 aromatic rings. The number of aryl methyl sites for hydroxylation is 1. The van der Waals surface area contributed by atoms with Crippen molar-refractivity contribution >= 4 is 23.8 Å². The van der Waals surface area contributed by atoms with Gasteiger partial charge >= 0.3 is 0 Å². The SMILES string of the molecule is Cn1cnnc1-c1cccc(NC(=O)c2ccc[nH]c2=S)c1. The highest BCUT2D eigenvalue weighted by atomic mass is 32.1. The average molecular weight is 311 g/mol. The van der Waals surface area contributed by atoms with Gasteiger partial charge in [-0.1, -0.05) is 24.4 Å². The fraction of sp³-hybridized carbons (Fsp3) is 0.0667. The number of amides is 1. The van der Waals surface area contributed by atoms with Crippen molar-refractivity contribution in [3.05, 3.63) is 59.1 Å².